The molecule has 2 heterocycles. The molecule has 33 heavy (non-hydrogen) atoms. The summed E-state index contributed by atoms with van der Waals surface area (Å²) in [6.07, 6.45) is 2.62. The van der Waals surface area contributed by atoms with Gasteiger partial charge >= 0.3 is 0 Å². The monoisotopic (exact) mass is 473 g/mol. The first-order valence-electron chi connectivity index (χ1n) is 10.6. The molecule has 1 saturated carbocycles. The summed E-state index contributed by atoms with van der Waals surface area (Å²) in [6, 6.07) is 6.28. The number of sulfonamides is 1. The molecule has 0 unspecified atom stereocenters. The number of rotatable bonds is 6. The maximum atomic E-state index is 15.1. The Morgan fingerprint density at radius 3 is 2.58 bits per heavy atom. The molecular formula is C22H21F2N5O3S. The SMILES string of the molecule is O=C(c1ccc2ncc(N3CCNCC3)nc2c1)c1c(F)ccc(NS(=O)(=O)C2CC2)c1F. The maximum Gasteiger partial charge on any atom is 0.235 e. The molecule has 1 aliphatic heterocycles. The number of anilines is 2. The number of halogens is 2. The second-order valence-corrected chi connectivity index (χ2v) is 10.1. The highest BCUT2D eigenvalue weighted by molar-refractivity contribution is 7.93. The standard InChI is InChI=1S/C22H21F2N5O3S/c23-15-4-6-17(28-33(31,32)14-2-3-14)21(24)20(15)22(30)13-1-5-16-18(11-13)27-19(12-26-16)29-9-7-25-8-10-29/h1,4-6,11-12,14,25,28H,2-3,7-10H2. The largest absolute Gasteiger partial charge is 0.353 e. The van der Waals surface area contributed by atoms with Crippen LogP contribution in [0.5, 0.6) is 0 Å². The fourth-order valence-electron chi connectivity index (χ4n) is 3.79. The van der Waals surface area contributed by atoms with Gasteiger partial charge in [-0.15, -0.1) is 0 Å². The third-order valence-corrected chi connectivity index (χ3v) is 7.62. The van der Waals surface area contributed by atoms with Gasteiger partial charge in [-0.1, -0.05) is 0 Å². The number of nitrogens with zero attached hydrogens (tertiary/aromatic N) is 3. The Morgan fingerprint density at radius 2 is 1.85 bits per heavy atom. The number of ketones is 1. The lowest BCUT2D eigenvalue weighted by Crippen LogP contribution is -2.43. The molecule has 0 atom stereocenters. The number of piperazine rings is 1. The van der Waals surface area contributed by atoms with Crippen LogP contribution in [0.25, 0.3) is 11.0 Å². The Morgan fingerprint density at radius 1 is 1.09 bits per heavy atom. The van der Waals surface area contributed by atoms with Crippen molar-refractivity contribution in [1.29, 1.82) is 0 Å². The average molecular weight is 474 g/mol. The van der Waals surface area contributed by atoms with E-state index in [1.807, 2.05) is 0 Å². The van der Waals surface area contributed by atoms with Gasteiger partial charge in [-0.3, -0.25) is 14.5 Å². The number of aromatic nitrogens is 2. The van der Waals surface area contributed by atoms with Crippen molar-refractivity contribution >= 4 is 38.3 Å². The minimum Gasteiger partial charge on any atom is -0.353 e. The predicted octanol–water partition coefficient (Wildman–Crippen LogP) is 2.45. The summed E-state index contributed by atoms with van der Waals surface area (Å²) in [4.78, 5) is 24.1. The molecule has 0 bridgehead atoms. The highest BCUT2D eigenvalue weighted by Gasteiger charge is 2.36. The minimum atomic E-state index is -3.78. The normalized spacial score (nSPS) is 16.7. The molecule has 2 N–H and O–H groups in total. The Bertz CT molecular complexity index is 1360. The number of hydrogen-bond donors (Lipinski definition) is 2. The topological polar surface area (TPSA) is 104 Å². The zero-order chi connectivity index (χ0) is 23.2. The Balaban J connectivity index is 1.49. The summed E-state index contributed by atoms with van der Waals surface area (Å²) < 4.78 is 56.1. The maximum absolute atomic E-state index is 15.1. The van der Waals surface area contributed by atoms with E-state index >= 15 is 4.39 Å². The fraction of sp³-hybridized carbons (Fsp3) is 0.318. The van der Waals surface area contributed by atoms with E-state index < -0.39 is 43.9 Å². The van der Waals surface area contributed by atoms with Gasteiger partial charge in [0, 0.05) is 31.7 Å². The van der Waals surface area contributed by atoms with Crippen LogP contribution in [0, 0.1) is 11.6 Å². The van der Waals surface area contributed by atoms with Gasteiger partial charge in [0.15, 0.2) is 11.6 Å². The Labute approximate surface area is 189 Å². The molecule has 0 radical (unpaired) electrons. The molecule has 8 nitrogen and oxygen atoms in total. The van der Waals surface area contributed by atoms with Crippen LogP contribution in [0.1, 0.15) is 28.8 Å². The van der Waals surface area contributed by atoms with Crippen molar-refractivity contribution in [2.24, 2.45) is 0 Å². The lowest BCUT2D eigenvalue weighted by molar-refractivity contribution is 0.103. The Kier molecular flexibility index (Phi) is 5.45. The van der Waals surface area contributed by atoms with Gasteiger partial charge < -0.3 is 10.2 Å². The van der Waals surface area contributed by atoms with Crippen LogP contribution < -0.4 is 14.9 Å². The van der Waals surface area contributed by atoms with Gasteiger partial charge in [-0.2, -0.15) is 0 Å². The lowest BCUT2D eigenvalue weighted by Gasteiger charge is -2.28. The van der Waals surface area contributed by atoms with Crippen LogP contribution >= 0.6 is 0 Å². The van der Waals surface area contributed by atoms with Crippen LogP contribution in [0.2, 0.25) is 0 Å². The quantitative estimate of drug-likeness (QED) is 0.530. The molecule has 0 spiro atoms. The van der Waals surface area contributed by atoms with E-state index in [-0.39, 0.29) is 5.56 Å². The molecule has 2 aliphatic rings. The zero-order valence-corrected chi connectivity index (χ0v) is 18.3. The molecule has 2 fully saturated rings. The molecule has 11 heteroatoms. The molecule has 3 aromatic rings. The molecular weight excluding hydrogens is 452 g/mol. The van der Waals surface area contributed by atoms with Gasteiger partial charge in [0.05, 0.1) is 33.7 Å². The van der Waals surface area contributed by atoms with Gasteiger partial charge in [-0.25, -0.2) is 22.2 Å². The zero-order valence-electron chi connectivity index (χ0n) is 17.5. The second kappa shape index (κ2) is 8.31. The van der Waals surface area contributed by atoms with Crippen LogP contribution in [0.15, 0.2) is 36.5 Å². The van der Waals surface area contributed by atoms with Crippen molar-refractivity contribution in [3.63, 3.8) is 0 Å². The summed E-state index contributed by atoms with van der Waals surface area (Å²) in [6.45, 7) is 3.16. The first-order valence-corrected chi connectivity index (χ1v) is 12.1. The van der Waals surface area contributed by atoms with Crippen LogP contribution in [-0.2, 0) is 10.0 Å². The summed E-state index contributed by atoms with van der Waals surface area (Å²) in [5, 5.41) is 2.66. The van der Waals surface area contributed by atoms with Crippen LogP contribution in [0.3, 0.4) is 0 Å². The van der Waals surface area contributed by atoms with Crippen molar-refractivity contribution in [1.82, 2.24) is 15.3 Å². The van der Waals surface area contributed by atoms with Crippen LogP contribution in [-0.4, -0.2) is 55.6 Å². The van der Waals surface area contributed by atoms with Crippen LogP contribution in [0.4, 0.5) is 20.3 Å². The summed E-state index contributed by atoms with van der Waals surface area (Å²) >= 11 is 0. The second-order valence-electron chi connectivity index (χ2n) is 8.13. The first-order chi connectivity index (χ1) is 15.8. The summed E-state index contributed by atoms with van der Waals surface area (Å²) in [5.74, 6) is -2.58. The van der Waals surface area contributed by atoms with E-state index in [0.29, 0.717) is 29.7 Å². The summed E-state index contributed by atoms with van der Waals surface area (Å²) in [7, 11) is -3.78. The molecule has 2 aromatic carbocycles. The predicted molar refractivity (Wildman–Crippen MR) is 120 cm³/mol. The van der Waals surface area contributed by atoms with E-state index in [4.69, 9.17) is 0 Å². The lowest BCUT2D eigenvalue weighted by atomic mass is 10.0. The molecule has 1 aromatic heterocycles. The molecule has 1 saturated heterocycles. The van der Waals surface area contributed by atoms with Gasteiger partial charge in [0.1, 0.15) is 11.6 Å². The highest BCUT2D eigenvalue weighted by atomic mass is 32.2. The number of hydrogen-bond acceptors (Lipinski definition) is 7. The smallest absolute Gasteiger partial charge is 0.235 e. The molecule has 1 aliphatic carbocycles. The van der Waals surface area contributed by atoms with Crippen molar-refractivity contribution in [2.75, 3.05) is 35.8 Å². The summed E-state index contributed by atoms with van der Waals surface area (Å²) in [5.41, 5.74) is -0.292. The van der Waals surface area contributed by atoms with E-state index in [0.717, 1.165) is 38.3 Å². The molecule has 172 valence electrons. The van der Waals surface area contributed by atoms with Crippen molar-refractivity contribution in [2.45, 2.75) is 18.1 Å². The van der Waals surface area contributed by atoms with Gasteiger partial charge in [0.25, 0.3) is 0 Å². The van der Waals surface area contributed by atoms with E-state index in [1.54, 1.807) is 12.3 Å². The van der Waals surface area contributed by atoms with E-state index in [2.05, 4.69) is 24.9 Å². The number of nitrogens with one attached hydrogen (secondary N) is 2. The highest BCUT2D eigenvalue weighted by Crippen LogP contribution is 2.32. The number of fused-ring (bicyclic) bond motifs is 1. The van der Waals surface area contributed by atoms with E-state index in [1.165, 1.54) is 12.1 Å². The third-order valence-electron chi connectivity index (χ3n) is 5.77. The first kappa shape index (κ1) is 21.7. The number of carbonyl (C=O) groups is 1. The molecule has 0 amide bonds. The van der Waals surface area contributed by atoms with E-state index in [9.17, 15) is 17.6 Å². The van der Waals surface area contributed by atoms with Crippen molar-refractivity contribution in [3.05, 3.63) is 59.3 Å². The van der Waals surface area contributed by atoms with Crippen molar-refractivity contribution in [3.8, 4) is 0 Å². The van der Waals surface area contributed by atoms with Gasteiger partial charge in [-0.05, 0) is 43.2 Å². The number of carbonyl (C=O) groups excluding carboxylic acids is 1. The number of benzene rings is 2. The van der Waals surface area contributed by atoms with Crippen molar-refractivity contribution < 1.29 is 22.0 Å². The molecule has 5 rings (SSSR count). The third kappa shape index (κ3) is 4.25. The van der Waals surface area contributed by atoms with Gasteiger partial charge in [0.2, 0.25) is 10.0 Å². The minimum absolute atomic E-state index is 0.0225. The Hall–Kier alpha value is -3.18. The fourth-order valence-corrected chi connectivity index (χ4v) is 5.18. The average Bonchev–Trinajstić information content (AvgIpc) is 3.67.